The molecule has 1 atom stereocenters. The van der Waals surface area contributed by atoms with Crippen LogP contribution in [0.3, 0.4) is 0 Å². The van der Waals surface area contributed by atoms with Gasteiger partial charge < -0.3 is 23.7 Å². The normalized spacial score (nSPS) is 15.4. The first-order valence-corrected chi connectivity index (χ1v) is 16.0. The molecule has 10 nitrogen and oxygen atoms in total. The molecule has 2 aliphatic heterocycles. The number of thiazole rings is 1. The van der Waals surface area contributed by atoms with E-state index in [4.69, 9.17) is 28.7 Å². The second-order valence-corrected chi connectivity index (χ2v) is 12.1. The molecule has 0 saturated heterocycles. The molecule has 0 fully saturated rings. The summed E-state index contributed by atoms with van der Waals surface area (Å²) >= 11 is 3.27. The molecule has 0 radical (unpaired) electrons. The van der Waals surface area contributed by atoms with Crippen molar-refractivity contribution in [2.45, 2.75) is 26.8 Å². The molecule has 0 spiro atoms. The quantitative estimate of drug-likeness (QED) is 0.147. The summed E-state index contributed by atoms with van der Waals surface area (Å²) in [5.74, 6) is 0.750. The molecule has 0 saturated carbocycles. The van der Waals surface area contributed by atoms with E-state index in [1.54, 1.807) is 37.3 Å². The monoisotopic (exact) mass is 738 g/mol. The molecule has 45 heavy (non-hydrogen) atoms. The number of ether oxygens (including phenoxy) is 5. The number of fused-ring (bicyclic) bond motifs is 2. The van der Waals surface area contributed by atoms with Crippen LogP contribution in [0.4, 0.5) is 0 Å². The summed E-state index contributed by atoms with van der Waals surface area (Å²) in [4.78, 5) is 45.0. The maximum Gasteiger partial charge on any atom is 0.338 e. The van der Waals surface area contributed by atoms with E-state index in [1.165, 1.54) is 22.8 Å². The first kappa shape index (κ1) is 30.6. The van der Waals surface area contributed by atoms with Gasteiger partial charge in [0.1, 0.15) is 0 Å². The molecular weight excluding hydrogens is 711 g/mol. The molecular formula is C33H27IN2O8S. The van der Waals surface area contributed by atoms with E-state index in [1.807, 2.05) is 43.3 Å². The van der Waals surface area contributed by atoms with Gasteiger partial charge in [0, 0.05) is 12.5 Å². The maximum absolute atomic E-state index is 14.3. The maximum atomic E-state index is 14.3. The summed E-state index contributed by atoms with van der Waals surface area (Å²) in [6.07, 6.45) is 1.74. The Morgan fingerprint density at radius 3 is 2.58 bits per heavy atom. The lowest BCUT2D eigenvalue weighted by Gasteiger charge is -2.26. The fourth-order valence-corrected chi connectivity index (χ4v) is 6.90. The third-order valence-corrected chi connectivity index (χ3v) is 8.75. The number of hydrogen-bond donors (Lipinski definition) is 0. The van der Waals surface area contributed by atoms with Gasteiger partial charge in [-0.15, -0.1) is 0 Å². The highest BCUT2D eigenvalue weighted by Crippen LogP contribution is 2.40. The summed E-state index contributed by atoms with van der Waals surface area (Å²) in [7, 11) is 0. The van der Waals surface area contributed by atoms with Crippen LogP contribution in [-0.4, -0.2) is 36.5 Å². The Kier molecular flexibility index (Phi) is 8.76. The summed E-state index contributed by atoms with van der Waals surface area (Å²) in [5.41, 5.74) is 2.32. The van der Waals surface area contributed by atoms with Gasteiger partial charge >= 0.3 is 11.9 Å². The fraction of sp³-hybridized carbons (Fsp3) is 0.212. The van der Waals surface area contributed by atoms with Crippen molar-refractivity contribution in [3.63, 3.8) is 0 Å². The van der Waals surface area contributed by atoms with E-state index in [0.717, 1.165) is 0 Å². The van der Waals surface area contributed by atoms with Crippen molar-refractivity contribution >= 4 is 57.6 Å². The third-order valence-electron chi connectivity index (χ3n) is 6.96. The zero-order valence-electron chi connectivity index (χ0n) is 24.5. The molecule has 1 aromatic heterocycles. The minimum absolute atomic E-state index is 0.0795. The van der Waals surface area contributed by atoms with Gasteiger partial charge in [0.05, 0.1) is 38.6 Å². The SMILES string of the molecule is CCOC(=O)C1=C(c2ccccc2)N=c2s/c(=C/c3cc(I)c(OC(C)=O)c(OCC)c3)c(=O)n2C1c1ccc2c(c1)OCO2. The van der Waals surface area contributed by atoms with Gasteiger partial charge in [-0.05, 0) is 77.9 Å². The van der Waals surface area contributed by atoms with E-state index in [2.05, 4.69) is 22.6 Å². The van der Waals surface area contributed by atoms with Crippen LogP contribution in [0.5, 0.6) is 23.0 Å². The minimum atomic E-state index is -0.863. The van der Waals surface area contributed by atoms with Gasteiger partial charge in [0.2, 0.25) is 6.79 Å². The first-order valence-electron chi connectivity index (χ1n) is 14.1. The molecule has 1 unspecified atom stereocenters. The molecule has 2 aliphatic rings. The predicted octanol–water partition coefficient (Wildman–Crippen LogP) is 4.59. The van der Waals surface area contributed by atoms with E-state index in [0.29, 0.717) is 64.9 Å². The van der Waals surface area contributed by atoms with Gasteiger partial charge in [-0.25, -0.2) is 9.79 Å². The lowest BCUT2D eigenvalue weighted by atomic mass is 9.93. The highest BCUT2D eigenvalue weighted by Gasteiger charge is 2.36. The topological polar surface area (TPSA) is 115 Å². The van der Waals surface area contributed by atoms with Crippen molar-refractivity contribution in [2.75, 3.05) is 20.0 Å². The number of hydrogen-bond acceptors (Lipinski definition) is 10. The number of halogens is 1. The summed E-state index contributed by atoms with van der Waals surface area (Å²) in [5, 5.41) is 0. The first-order chi connectivity index (χ1) is 21.8. The largest absolute Gasteiger partial charge is 0.490 e. The van der Waals surface area contributed by atoms with Crippen LogP contribution in [0.15, 0.2) is 76.0 Å². The Balaban J connectivity index is 1.60. The molecule has 0 amide bonds. The van der Waals surface area contributed by atoms with Gasteiger partial charge in [0.15, 0.2) is 27.8 Å². The van der Waals surface area contributed by atoms with Crippen molar-refractivity contribution in [3.8, 4) is 23.0 Å². The van der Waals surface area contributed by atoms with E-state index in [9.17, 15) is 14.4 Å². The Morgan fingerprint density at radius 1 is 1.07 bits per heavy atom. The predicted molar refractivity (Wildman–Crippen MR) is 175 cm³/mol. The van der Waals surface area contributed by atoms with Crippen LogP contribution in [-0.2, 0) is 14.3 Å². The number of nitrogens with zero attached hydrogens (tertiary/aromatic N) is 2. The van der Waals surface area contributed by atoms with Gasteiger partial charge in [0.25, 0.3) is 5.56 Å². The molecule has 3 aromatic carbocycles. The lowest BCUT2D eigenvalue weighted by molar-refractivity contribution is -0.139. The molecule has 12 heteroatoms. The molecule has 6 rings (SSSR count). The average Bonchev–Trinajstić information content (AvgIpc) is 3.62. The van der Waals surface area contributed by atoms with E-state index >= 15 is 0 Å². The van der Waals surface area contributed by atoms with Crippen molar-refractivity contribution in [1.82, 2.24) is 4.57 Å². The van der Waals surface area contributed by atoms with Crippen LogP contribution in [0, 0.1) is 3.57 Å². The molecule has 0 aliphatic carbocycles. The number of carbonyl (C=O) groups is 2. The Bertz CT molecular complexity index is 2030. The third kappa shape index (κ3) is 5.99. The number of benzene rings is 3. The van der Waals surface area contributed by atoms with Crippen molar-refractivity contribution in [3.05, 3.63) is 106 Å². The summed E-state index contributed by atoms with van der Waals surface area (Å²) < 4.78 is 30.4. The smallest absolute Gasteiger partial charge is 0.338 e. The number of rotatable bonds is 8. The fourth-order valence-electron chi connectivity index (χ4n) is 5.17. The average molecular weight is 739 g/mol. The Hall–Kier alpha value is -4.43. The van der Waals surface area contributed by atoms with Crippen molar-refractivity contribution in [1.29, 1.82) is 0 Å². The van der Waals surface area contributed by atoms with Crippen LogP contribution < -0.4 is 33.8 Å². The van der Waals surface area contributed by atoms with Crippen LogP contribution in [0.1, 0.15) is 43.5 Å². The second kappa shape index (κ2) is 12.9. The number of esters is 2. The number of aromatic nitrogens is 1. The van der Waals surface area contributed by atoms with Crippen molar-refractivity contribution < 1.29 is 33.3 Å². The van der Waals surface area contributed by atoms with Gasteiger partial charge in [-0.1, -0.05) is 47.7 Å². The zero-order valence-corrected chi connectivity index (χ0v) is 27.5. The molecule has 3 heterocycles. The van der Waals surface area contributed by atoms with Crippen LogP contribution in [0.25, 0.3) is 11.8 Å². The Morgan fingerprint density at radius 2 is 1.84 bits per heavy atom. The standard InChI is InChI=1S/C33H27IN2O8S/c1-4-40-25-14-19(13-22(34)30(25)44-18(3)37)15-26-31(38)36-29(21-11-12-23-24(16-21)43-17-42-23)27(32(39)41-5-2)28(35-33(36)45-26)20-9-7-6-8-10-20/h6-16,29H,4-5,17H2,1-3H3/b26-15+. The zero-order chi connectivity index (χ0) is 31.7. The highest BCUT2D eigenvalue weighted by atomic mass is 127. The van der Waals surface area contributed by atoms with Gasteiger partial charge in [-0.2, -0.15) is 0 Å². The van der Waals surface area contributed by atoms with E-state index in [-0.39, 0.29) is 24.5 Å². The van der Waals surface area contributed by atoms with Gasteiger partial charge in [-0.3, -0.25) is 14.2 Å². The lowest BCUT2D eigenvalue weighted by Crippen LogP contribution is -2.40. The Labute approximate surface area is 275 Å². The summed E-state index contributed by atoms with van der Waals surface area (Å²) in [6, 6.07) is 17.4. The molecule has 4 aromatic rings. The van der Waals surface area contributed by atoms with Crippen LogP contribution in [0.2, 0.25) is 0 Å². The van der Waals surface area contributed by atoms with Crippen LogP contribution >= 0.6 is 33.9 Å². The van der Waals surface area contributed by atoms with Crippen molar-refractivity contribution in [2.24, 2.45) is 4.99 Å². The minimum Gasteiger partial charge on any atom is -0.490 e. The number of carbonyl (C=O) groups excluding carboxylic acids is 2. The van der Waals surface area contributed by atoms with E-state index < -0.39 is 18.0 Å². The molecule has 0 bridgehead atoms. The summed E-state index contributed by atoms with van der Waals surface area (Å²) in [6.45, 7) is 5.46. The molecule has 230 valence electrons. The highest BCUT2D eigenvalue weighted by molar-refractivity contribution is 14.1. The molecule has 0 N–H and O–H groups in total. The second-order valence-electron chi connectivity index (χ2n) is 9.90.